The first kappa shape index (κ1) is 19.4. The van der Waals surface area contributed by atoms with Crippen molar-refractivity contribution in [1.82, 2.24) is 24.6 Å². The van der Waals surface area contributed by atoms with Gasteiger partial charge in [-0.05, 0) is 52.2 Å². The van der Waals surface area contributed by atoms with Crippen molar-refractivity contribution in [3.63, 3.8) is 0 Å². The number of hydrogen-bond donors (Lipinski definition) is 1. The van der Waals surface area contributed by atoms with Crippen LogP contribution >= 0.6 is 11.6 Å². The Bertz CT molecular complexity index is 1130. The van der Waals surface area contributed by atoms with Crippen molar-refractivity contribution in [2.75, 3.05) is 13.1 Å². The molecule has 158 valence electrons. The van der Waals surface area contributed by atoms with Crippen LogP contribution in [0.1, 0.15) is 45.7 Å². The number of aromatic nitrogens is 4. The van der Waals surface area contributed by atoms with Crippen LogP contribution in [-0.4, -0.2) is 49.4 Å². The van der Waals surface area contributed by atoms with Crippen LogP contribution < -0.4 is 0 Å². The molecule has 7 nitrogen and oxygen atoms in total. The number of pyridine rings is 1. The van der Waals surface area contributed by atoms with E-state index in [0.717, 1.165) is 48.1 Å². The third-order valence-corrected chi connectivity index (χ3v) is 6.44. The maximum atomic E-state index is 12.6. The fraction of sp³-hybridized carbons (Fsp3) is 0.500. The first-order valence-electron chi connectivity index (χ1n) is 10.4. The van der Waals surface area contributed by atoms with E-state index in [-0.39, 0.29) is 11.5 Å². The van der Waals surface area contributed by atoms with Crippen molar-refractivity contribution in [3.8, 4) is 11.3 Å². The number of carbonyl (C=O) groups excluding carboxylic acids is 1. The fourth-order valence-electron chi connectivity index (χ4n) is 4.73. The zero-order chi connectivity index (χ0) is 21.1. The van der Waals surface area contributed by atoms with Crippen LogP contribution in [0.5, 0.6) is 0 Å². The van der Waals surface area contributed by atoms with E-state index in [4.69, 9.17) is 21.4 Å². The molecule has 2 aliphatic rings. The van der Waals surface area contributed by atoms with E-state index in [1.807, 2.05) is 37.9 Å². The Morgan fingerprint density at radius 3 is 2.90 bits per heavy atom. The molecule has 0 aromatic carbocycles. The lowest BCUT2D eigenvalue weighted by atomic mass is 9.77. The van der Waals surface area contributed by atoms with Crippen molar-refractivity contribution < 1.29 is 9.53 Å². The predicted octanol–water partition coefficient (Wildman–Crippen LogP) is 4.75. The van der Waals surface area contributed by atoms with Gasteiger partial charge >= 0.3 is 6.09 Å². The predicted molar refractivity (Wildman–Crippen MR) is 116 cm³/mol. The van der Waals surface area contributed by atoms with Gasteiger partial charge in [0.05, 0.1) is 10.7 Å². The zero-order valence-corrected chi connectivity index (χ0v) is 18.3. The highest BCUT2D eigenvalue weighted by atomic mass is 35.5. The second-order valence-corrected chi connectivity index (χ2v) is 9.84. The number of amides is 1. The topological polar surface area (TPSA) is 76.0 Å². The monoisotopic (exact) mass is 427 g/mol. The van der Waals surface area contributed by atoms with Crippen molar-refractivity contribution >= 4 is 28.7 Å². The molecule has 1 unspecified atom stereocenters. The summed E-state index contributed by atoms with van der Waals surface area (Å²) in [5, 5.41) is 6.43. The van der Waals surface area contributed by atoms with Crippen LogP contribution in [0.2, 0.25) is 5.02 Å². The minimum Gasteiger partial charge on any atom is -0.444 e. The average molecular weight is 428 g/mol. The number of aromatic amines is 1. The number of likely N-dealkylation sites (tertiary alicyclic amines) is 1. The lowest BCUT2D eigenvalue weighted by Crippen LogP contribution is -2.40. The van der Waals surface area contributed by atoms with Crippen molar-refractivity contribution in [1.29, 1.82) is 0 Å². The Balaban J connectivity index is 1.46. The van der Waals surface area contributed by atoms with Crippen LogP contribution in [0, 0.1) is 0 Å². The second-order valence-electron chi connectivity index (χ2n) is 9.43. The normalized spacial score (nSPS) is 21.4. The van der Waals surface area contributed by atoms with Crippen molar-refractivity contribution in [3.05, 3.63) is 35.2 Å². The number of ether oxygens (including phenoxy) is 1. The molecule has 5 rings (SSSR count). The summed E-state index contributed by atoms with van der Waals surface area (Å²) in [4.78, 5) is 22.0. The molecule has 0 bridgehead atoms. The number of aryl methyl sites for hydroxylation is 1. The van der Waals surface area contributed by atoms with Gasteiger partial charge in [0, 0.05) is 54.1 Å². The van der Waals surface area contributed by atoms with Gasteiger partial charge in [-0.15, -0.1) is 0 Å². The zero-order valence-electron chi connectivity index (χ0n) is 17.5. The highest BCUT2D eigenvalue weighted by Crippen LogP contribution is 2.43. The third-order valence-electron chi connectivity index (χ3n) is 6.13. The highest BCUT2D eigenvalue weighted by Gasteiger charge is 2.46. The van der Waals surface area contributed by atoms with E-state index in [0.29, 0.717) is 18.1 Å². The number of nitrogens with one attached hydrogen (secondary N) is 1. The SMILES string of the molecule is CC(C)(C)OC(=O)N1CCC2(CCCn3nc(-c4cnc5[nH]cc(Cl)c5c4)cc32)C1. The first-order valence-corrected chi connectivity index (χ1v) is 10.8. The molecule has 1 amide bonds. The van der Waals surface area contributed by atoms with Crippen LogP contribution in [-0.2, 0) is 16.7 Å². The van der Waals surface area contributed by atoms with Gasteiger partial charge in [0.25, 0.3) is 0 Å². The quantitative estimate of drug-likeness (QED) is 0.607. The Hall–Kier alpha value is -2.54. The molecule has 2 aliphatic heterocycles. The molecule has 1 fully saturated rings. The van der Waals surface area contributed by atoms with E-state index in [2.05, 4.69) is 20.7 Å². The van der Waals surface area contributed by atoms with Crippen molar-refractivity contribution in [2.24, 2.45) is 0 Å². The van der Waals surface area contributed by atoms with Crippen LogP contribution in [0.3, 0.4) is 0 Å². The number of fused-ring (bicyclic) bond motifs is 3. The number of nitrogens with zero attached hydrogens (tertiary/aromatic N) is 4. The van der Waals surface area contributed by atoms with E-state index < -0.39 is 5.60 Å². The first-order chi connectivity index (χ1) is 14.2. The number of hydrogen-bond acceptors (Lipinski definition) is 4. The molecule has 8 heteroatoms. The number of H-pyrrole nitrogens is 1. The molecule has 1 saturated heterocycles. The summed E-state index contributed by atoms with van der Waals surface area (Å²) in [6.45, 7) is 7.99. The minimum atomic E-state index is -0.487. The van der Waals surface area contributed by atoms with E-state index in [1.54, 1.807) is 6.20 Å². The summed E-state index contributed by atoms with van der Waals surface area (Å²) in [5.41, 5.74) is 3.27. The molecular weight excluding hydrogens is 402 g/mol. The molecule has 0 saturated carbocycles. The van der Waals surface area contributed by atoms with E-state index in [9.17, 15) is 4.79 Å². The average Bonchev–Trinajstić information content (AvgIpc) is 3.39. The number of carbonyl (C=O) groups is 1. The summed E-state index contributed by atoms with van der Waals surface area (Å²) < 4.78 is 7.71. The molecule has 5 heterocycles. The second kappa shape index (κ2) is 6.74. The number of halogens is 1. The minimum absolute atomic E-state index is 0.0658. The molecular formula is C22H26ClN5O2. The Labute approximate surface area is 180 Å². The van der Waals surface area contributed by atoms with E-state index in [1.165, 1.54) is 5.69 Å². The van der Waals surface area contributed by atoms with Crippen molar-refractivity contribution in [2.45, 2.75) is 57.6 Å². The summed E-state index contributed by atoms with van der Waals surface area (Å²) >= 11 is 6.28. The van der Waals surface area contributed by atoms with Crippen LogP contribution in [0.4, 0.5) is 4.79 Å². The van der Waals surface area contributed by atoms with E-state index >= 15 is 0 Å². The largest absolute Gasteiger partial charge is 0.444 e. The highest BCUT2D eigenvalue weighted by molar-refractivity contribution is 6.35. The van der Waals surface area contributed by atoms with Gasteiger partial charge in [-0.1, -0.05) is 11.6 Å². The lowest BCUT2D eigenvalue weighted by molar-refractivity contribution is 0.0280. The summed E-state index contributed by atoms with van der Waals surface area (Å²) in [6.07, 6.45) is 6.39. The molecule has 1 spiro atoms. The summed E-state index contributed by atoms with van der Waals surface area (Å²) in [5.74, 6) is 0. The summed E-state index contributed by atoms with van der Waals surface area (Å²) in [7, 11) is 0. The van der Waals surface area contributed by atoms with Crippen LogP contribution in [0.25, 0.3) is 22.3 Å². The molecule has 1 atom stereocenters. The lowest BCUT2D eigenvalue weighted by Gasteiger charge is -2.34. The maximum absolute atomic E-state index is 12.6. The molecule has 0 aliphatic carbocycles. The fourth-order valence-corrected chi connectivity index (χ4v) is 4.93. The Morgan fingerprint density at radius 1 is 1.27 bits per heavy atom. The summed E-state index contributed by atoms with van der Waals surface area (Å²) in [6, 6.07) is 4.20. The Kier molecular flexibility index (Phi) is 4.36. The maximum Gasteiger partial charge on any atom is 0.410 e. The van der Waals surface area contributed by atoms with Crippen LogP contribution in [0.15, 0.2) is 24.5 Å². The van der Waals surface area contributed by atoms with Gasteiger partial charge in [-0.25, -0.2) is 9.78 Å². The van der Waals surface area contributed by atoms with Gasteiger partial charge in [0.1, 0.15) is 11.2 Å². The van der Waals surface area contributed by atoms with Gasteiger partial charge in [-0.3, -0.25) is 4.68 Å². The van der Waals surface area contributed by atoms with Gasteiger partial charge < -0.3 is 14.6 Å². The van der Waals surface area contributed by atoms with Gasteiger partial charge in [0.2, 0.25) is 0 Å². The standard InChI is InChI=1S/C22H26ClN5O2/c1-21(2,3)30-20(29)27-8-6-22(13-27)5-4-7-28-18(22)10-17(26-28)14-9-15-16(23)12-25-19(15)24-11-14/h9-12H,4-8,13H2,1-3H3,(H,24,25). The molecule has 1 N–H and O–H groups in total. The van der Waals surface area contributed by atoms with Gasteiger partial charge in [-0.2, -0.15) is 5.10 Å². The van der Waals surface area contributed by atoms with Gasteiger partial charge in [0.15, 0.2) is 0 Å². The third kappa shape index (κ3) is 3.25. The molecule has 3 aromatic rings. The smallest absolute Gasteiger partial charge is 0.410 e. The Morgan fingerprint density at radius 2 is 2.10 bits per heavy atom. The molecule has 30 heavy (non-hydrogen) atoms. The molecule has 0 radical (unpaired) electrons. The molecule has 3 aromatic heterocycles. The number of rotatable bonds is 1.